The molecule has 10 aromatic rings. The summed E-state index contributed by atoms with van der Waals surface area (Å²) in [6.45, 7) is 0. The first kappa shape index (κ1) is 30.3. The normalized spacial score (nSPS) is 11.4. The molecule has 0 unspecified atom stereocenters. The Morgan fingerprint density at radius 2 is 0.981 bits per heavy atom. The molecule has 0 radical (unpaired) electrons. The first-order valence-electron chi connectivity index (χ1n) is 17.4. The molecule has 0 bridgehead atoms. The molecule has 0 aliphatic carbocycles. The molecule has 3 heterocycles. The van der Waals surface area contributed by atoms with Crippen LogP contribution in [0.5, 0.6) is 0 Å². The summed E-state index contributed by atoms with van der Waals surface area (Å²) >= 11 is 0. The summed E-state index contributed by atoms with van der Waals surface area (Å²) in [5, 5.41) is 15.8. The van der Waals surface area contributed by atoms with E-state index in [-0.39, 0.29) is 0 Å². The smallest absolute Gasteiger partial charge is 0.182 e. The van der Waals surface area contributed by atoms with Crippen LogP contribution in [0.1, 0.15) is 5.56 Å². The Bertz CT molecular complexity index is 3000. The van der Waals surface area contributed by atoms with Gasteiger partial charge in [-0.25, -0.2) is 19.9 Å². The largest absolute Gasteiger partial charge is 0.455 e. The average molecular weight is 678 g/mol. The number of furan rings is 1. The minimum absolute atomic E-state index is 0.504. The third-order valence-electron chi connectivity index (χ3n) is 9.76. The van der Waals surface area contributed by atoms with Crippen LogP contribution in [0.25, 0.3) is 100 Å². The second-order valence-electron chi connectivity index (χ2n) is 13.0. The highest BCUT2D eigenvalue weighted by atomic mass is 16.3. The molecule has 0 aliphatic rings. The number of benzene rings is 7. The van der Waals surface area contributed by atoms with Gasteiger partial charge >= 0.3 is 0 Å². The summed E-state index contributed by atoms with van der Waals surface area (Å²) in [6, 6.07) is 57.1. The van der Waals surface area contributed by atoms with Gasteiger partial charge in [-0.15, -0.1) is 0 Å². The fourth-order valence-electron chi connectivity index (χ4n) is 7.17. The van der Waals surface area contributed by atoms with Crippen LogP contribution in [-0.2, 0) is 0 Å². The molecule has 246 valence electrons. The van der Waals surface area contributed by atoms with E-state index in [4.69, 9.17) is 24.4 Å². The maximum atomic E-state index is 9.32. The van der Waals surface area contributed by atoms with Gasteiger partial charge in [-0.1, -0.05) is 121 Å². The van der Waals surface area contributed by atoms with Crippen molar-refractivity contribution < 1.29 is 4.42 Å². The fourth-order valence-corrected chi connectivity index (χ4v) is 7.17. The molecule has 3 aromatic heterocycles. The van der Waals surface area contributed by atoms with Crippen LogP contribution < -0.4 is 0 Å². The third kappa shape index (κ3) is 5.27. The molecular formula is C47H27N5O. The number of para-hydroxylation sites is 1. The van der Waals surface area contributed by atoms with Crippen LogP contribution in [0.2, 0.25) is 0 Å². The van der Waals surface area contributed by atoms with Gasteiger partial charge < -0.3 is 4.42 Å². The summed E-state index contributed by atoms with van der Waals surface area (Å²) < 4.78 is 6.66. The Kier molecular flexibility index (Phi) is 7.09. The van der Waals surface area contributed by atoms with Crippen molar-refractivity contribution in [3.8, 4) is 62.7 Å². The predicted molar refractivity (Wildman–Crippen MR) is 212 cm³/mol. The van der Waals surface area contributed by atoms with Crippen LogP contribution in [0.3, 0.4) is 0 Å². The lowest BCUT2D eigenvalue weighted by atomic mass is 9.92. The van der Waals surface area contributed by atoms with Crippen molar-refractivity contribution in [2.75, 3.05) is 0 Å². The van der Waals surface area contributed by atoms with Gasteiger partial charge in [-0.3, -0.25) is 0 Å². The lowest BCUT2D eigenvalue weighted by molar-refractivity contribution is 0.673. The summed E-state index contributed by atoms with van der Waals surface area (Å²) in [7, 11) is 0. The number of nitrogens with zero attached hydrogens (tertiary/aromatic N) is 5. The van der Waals surface area contributed by atoms with E-state index >= 15 is 0 Å². The number of aromatic nitrogens is 4. The van der Waals surface area contributed by atoms with Gasteiger partial charge in [0.05, 0.1) is 17.3 Å². The molecule has 0 saturated carbocycles. The molecule has 10 rings (SSSR count). The number of fused-ring (bicyclic) bond motifs is 8. The summed E-state index contributed by atoms with van der Waals surface area (Å²) in [5.74, 6) is 1.69. The lowest BCUT2D eigenvalue weighted by Crippen LogP contribution is -2.01. The molecule has 0 fully saturated rings. The maximum Gasteiger partial charge on any atom is 0.182 e. The number of nitriles is 1. The van der Waals surface area contributed by atoms with Crippen molar-refractivity contribution in [3.05, 3.63) is 169 Å². The fraction of sp³-hybridized carbons (Fsp3) is 0. The second kappa shape index (κ2) is 12.4. The molecule has 0 N–H and O–H groups in total. The van der Waals surface area contributed by atoms with E-state index < -0.39 is 0 Å². The first-order chi connectivity index (χ1) is 26.2. The van der Waals surface area contributed by atoms with E-state index in [1.54, 1.807) is 0 Å². The molecule has 0 amide bonds. The quantitative estimate of drug-likeness (QED) is 0.168. The predicted octanol–water partition coefficient (Wildman–Crippen LogP) is 11.7. The molecule has 7 aromatic carbocycles. The Morgan fingerprint density at radius 3 is 1.70 bits per heavy atom. The minimum Gasteiger partial charge on any atom is -0.455 e. The third-order valence-corrected chi connectivity index (χ3v) is 9.76. The van der Waals surface area contributed by atoms with Crippen LogP contribution in [-0.4, -0.2) is 19.9 Å². The highest BCUT2D eigenvalue weighted by Gasteiger charge is 2.18. The van der Waals surface area contributed by atoms with Crippen molar-refractivity contribution in [2.45, 2.75) is 0 Å². The van der Waals surface area contributed by atoms with E-state index in [0.717, 1.165) is 77.0 Å². The minimum atomic E-state index is 0.504. The number of rotatable bonds is 5. The van der Waals surface area contributed by atoms with E-state index in [1.807, 2.05) is 115 Å². The van der Waals surface area contributed by atoms with Crippen LogP contribution in [0, 0.1) is 11.3 Å². The van der Waals surface area contributed by atoms with Gasteiger partial charge in [0, 0.05) is 32.8 Å². The highest BCUT2D eigenvalue weighted by molar-refractivity contribution is 6.30. The van der Waals surface area contributed by atoms with Gasteiger partial charge in [-0.2, -0.15) is 5.26 Å². The molecule has 0 aliphatic heterocycles. The van der Waals surface area contributed by atoms with E-state index in [9.17, 15) is 5.26 Å². The van der Waals surface area contributed by atoms with Crippen molar-refractivity contribution >= 4 is 43.5 Å². The first-order valence-corrected chi connectivity index (χ1v) is 17.4. The maximum absolute atomic E-state index is 9.32. The molecule has 0 saturated heterocycles. The zero-order valence-corrected chi connectivity index (χ0v) is 28.2. The molecule has 6 nitrogen and oxygen atoms in total. The molecular weight excluding hydrogens is 651 g/mol. The molecule has 0 spiro atoms. The SMILES string of the molecule is N#Cc1ccc(-c2ccc3c4ccc(-c5cccc(-c6nc(-c7ccccc7)nc(-c7ccccc7)n6)n5)cc4c4oc5ccccc5c4c3c2)cc1. The van der Waals surface area contributed by atoms with E-state index in [1.165, 1.54) is 0 Å². The van der Waals surface area contributed by atoms with Crippen molar-refractivity contribution in [1.29, 1.82) is 5.26 Å². The van der Waals surface area contributed by atoms with Gasteiger partial charge in [0.2, 0.25) is 0 Å². The molecule has 6 heteroatoms. The standard InChI is InChI=1S/C47H27N5O/c48-28-29-18-20-30(21-19-29)33-22-24-35-36-25-23-34(27-39(36)44-43(38(35)26-33)37-14-7-8-17-42(37)53-44)40-15-9-16-41(49-40)47-51-45(31-10-3-1-4-11-31)50-46(52-47)32-12-5-2-6-13-32/h1-27H. The summed E-state index contributed by atoms with van der Waals surface area (Å²) in [4.78, 5) is 19.8. The van der Waals surface area contributed by atoms with Gasteiger partial charge in [-0.05, 0) is 69.8 Å². The monoisotopic (exact) mass is 677 g/mol. The topological polar surface area (TPSA) is 88.5 Å². The lowest BCUT2D eigenvalue weighted by Gasteiger charge is -2.12. The van der Waals surface area contributed by atoms with Gasteiger partial charge in [0.25, 0.3) is 0 Å². The number of hydrogen-bond acceptors (Lipinski definition) is 6. The average Bonchev–Trinajstić information content (AvgIpc) is 3.64. The zero-order chi connectivity index (χ0) is 35.3. The summed E-state index contributed by atoms with van der Waals surface area (Å²) in [5.41, 5.74) is 8.67. The van der Waals surface area contributed by atoms with Crippen molar-refractivity contribution in [1.82, 2.24) is 19.9 Å². The van der Waals surface area contributed by atoms with Crippen LogP contribution in [0.15, 0.2) is 168 Å². The van der Waals surface area contributed by atoms with Crippen LogP contribution in [0.4, 0.5) is 0 Å². The highest BCUT2D eigenvalue weighted by Crippen LogP contribution is 2.43. The van der Waals surface area contributed by atoms with Gasteiger partial charge in [0.15, 0.2) is 17.5 Å². The van der Waals surface area contributed by atoms with Crippen molar-refractivity contribution in [2.24, 2.45) is 0 Å². The van der Waals surface area contributed by atoms with Crippen LogP contribution >= 0.6 is 0 Å². The van der Waals surface area contributed by atoms with E-state index in [0.29, 0.717) is 28.7 Å². The second-order valence-corrected chi connectivity index (χ2v) is 13.0. The number of pyridine rings is 1. The Labute approximate surface area is 304 Å². The Balaban J connectivity index is 1.14. The molecule has 0 atom stereocenters. The Morgan fingerprint density at radius 1 is 0.396 bits per heavy atom. The van der Waals surface area contributed by atoms with E-state index in [2.05, 4.69) is 54.6 Å². The van der Waals surface area contributed by atoms with Crippen molar-refractivity contribution in [3.63, 3.8) is 0 Å². The number of hydrogen-bond donors (Lipinski definition) is 0. The zero-order valence-electron chi connectivity index (χ0n) is 28.2. The molecule has 53 heavy (non-hydrogen) atoms. The Hall–Kier alpha value is -7.49. The van der Waals surface area contributed by atoms with Gasteiger partial charge in [0.1, 0.15) is 16.9 Å². The summed E-state index contributed by atoms with van der Waals surface area (Å²) in [6.07, 6.45) is 0.